The third-order valence-corrected chi connectivity index (χ3v) is 7.91. The maximum absolute atomic E-state index is 12.0. The van der Waals surface area contributed by atoms with E-state index in [0.717, 1.165) is 0 Å². The Kier molecular flexibility index (Phi) is 8.07. The number of nitrogen functional groups attached to an aromatic ring is 1. The van der Waals surface area contributed by atoms with Crippen LogP contribution in [-0.4, -0.2) is 64.6 Å². The highest BCUT2D eigenvalue weighted by Crippen LogP contribution is 2.66. The van der Waals surface area contributed by atoms with Gasteiger partial charge in [-0.3, -0.25) is 9.09 Å². The van der Waals surface area contributed by atoms with Crippen LogP contribution in [0.2, 0.25) is 0 Å². The van der Waals surface area contributed by atoms with Crippen LogP contribution in [0.15, 0.2) is 17.8 Å². The largest absolute Gasteiger partial charge is 0.490 e. The molecule has 188 valence electrons. The fourth-order valence-corrected chi connectivity index (χ4v) is 5.93. The van der Waals surface area contributed by atoms with Gasteiger partial charge in [0, 0.05) is 11.3 Å². The molecule has 5 atom stereocenters. The van der Waals surface area contributed by atoms with E-state index in [0.29, 0.717) is 5.65 Å². The smallest absolute Gasteiger partial charge is 0.382 e. The zero-order valence-electron chi connectivity index (χ0n) is 16.6. The summed E-state index contributed by atoms with van der Waals surface area (Å²) < 4.78 is 58.7. The van der Waals surface area contributed by atoms with Crippen molar-refractivity contribution in [3.05, 3.63) is 23.1 Å². The Morgan fingerprint density at radius 2 is 1.94 bits per heavy atom. The number of nitrogens with zero attached hydrogens (tertiary/aromatic N) is 7. The molecule has 2 unspecified atom stereocenters. The van der Waals surface area contributed by atoms with Gasteiger partial charge >= 0.3 is 23.5 Å². The molecule has 20 nitrogen and oxygen atoms in total. The average Bonchev–Trinajstić information content (AvgIpc) is 3.28. The maximum atomic E-state index is 12.0. The van der Waals surface area contributed by atoms with E-state index in [1.165, 1.54) is 17.2 Å². The minimum absolute atomic E-state index is 0.0841. The van der Waals surface area contributed by atoms with Gasteiger partial charge in [0.25, 0.3) is 0 Å². The van der Waals surface area contributed by atoms with Gasteiger partial charge in [-0.15, -0.1) is 0 Å². The van der Waals surface area contributed by atoms with Crippen LogP contribution in [-0.2, 0) is 36.3 Å². The molecule has 23 heteroatoms. The van der Waals surface area contributed by atoms with Crippen LogP contribution < -0.4 is 5.73 Å². The van der Waals surface area contributed by atoms with E-state index in [1.807, 2.05) is 0 Å². The molecule has 1 saturated heterocycles. The number of imidazole rings is 1. The molecule has 3 rings (SSSR count). The van der Waals surface area contributed by atoms with Crippen molar-refractivity contribution in [3.8, 4) is 0 Å². The number of nitrogens with two attached hydrogens (primary N) is 1. The summed E-state index contributed by atoms with van der Waals surface area (Å²) in [7, 11) is -16.6. The molecular formula is C11H17N8O12P3. The van der Waals surface area contributed by atoms with Gasteiger partial charge in [0.15, 0.2) is 11.5 Å². The van der Waals surface area contributed by atoms with Crippen LogP contribution in [0.4, 0.5) is 5.82 Å². The van der Waals surface area contributed by atoms with Gasteiger partial charge in [-0.2, -0.15) is 8.62 Å². The Labute approximate surface area is 188 Å². The minimum Gasteiger partial charge on any atom is -0.382 e. The highest BCUT2D eigenvalue weighted by molar-refractivity contribution is 7.66. The summed E-state index contributed by atoms with van der Waals surface area (Å²) in [5.74, 6) is 0.113. The molecule has 34 heavy (non-hydrogen) atoms. The molecule has 1 fully saturated rings. The number of fused-ring (bicyclic) bond motifs is 1. The van der Waals surface area contributed by atoms with Crippen molar-refractivity contribution in [2.45, 2.75) is 24.9 Å². The SMILES string of the molecule is [N-]=[N+]=NCO[C@H]1C[C@@H](n2cnc3c(N)ncnc32)O[C@H]1COP(=O)(O)OP(=O)(O)OP(=O)(O)O. The molecule has 2 aromatic rings. The first-order chi connectivity index (χ1) is 15.8. The molecule has 0 amide bonds. The molecule has 0 radical (unpaired) electrons. The van der Waals surface area contributed by atoms with E-state index in [2.05, 4.69) is 38.1 Å². The zero-order chi connectivity index (χ0) is 25.1. The second-order valence-electron chi connectivity index (χ2n) is 6.40. The van der Waals surface area contributed by atoms with Crippen molar-refractivity contribution in [3.63, 3.8) is 0 Å². The van der Waals surface area contributed by atoms with Gasteiger partial charge < -0.3 is 34.8 Å². The third kappa shape index (κ3) is 7.00. The van der Waals surface area contributed by atoms with Crippen LogP contribution >= 0.6 is 23.5 Å². The molecular weight excluding hydrogens is 529 g/mol. The van der Waals surface area contributed by atoms with E-state index in [9.17, 15) is 23.5 Å². The van der Waals surface area contributed by atoms with Crippen LogP contribution in [0.5, 0.6) is 0 Å². The first-order valence-corrected chi connectivity index (χ1v) is 13.3. The number of phosphoric acid groups is 3. The fourth-order valence-electron chi connectivity index (χ4n) is 2.90. The van der Waals surface area contributed by atoms with E-state index in [-0.39, 0.29) is 17.8 Å². The lowest BCUT2D eigenvalue weighted by atomic mass is 10.2. The molecule has 0 saturated carbocycles. The van der Waals surface area contributed by atoms with Gasteiger partial charge in [-0.05, 0) is 5.53 Å². The van der Waals surface area contributed by atoms with E-state index < -0.39 is 55.2 Å². The number of phosphoric ester groups is 1. The number of rotatable bonds is 11. The number of anilines is 1. The fraction of sp³-hybridized carbons (Fsp3) is 0.545. The minimum atomic E-state index is -5.68. The van der Waals surface area contributed by atoms with Gasteiger partial charge in [-0.25, -0.2) is 28.6 Å². The number of azide groups is 1. The highest BCUT2D eigenvalue weighted by atomic mass is 31.3. The van der Waals surface area contributed by atoms with E-state index >= 15 is 0 Å². The van der Waals surface area contributed by atoms with Gasteiger partial charge in [0.2, 0.25) is 0 Å². The van der Waals surface area contributed by atoms with Crippen LogP contribution in [0.25, 0.3) is 21.6 Å². The normalized spacial score (nSPS) is 24.4. The van der Waals surface area contributed by atoms with Crippen molar-refractivity contribution in [1.29, 1.82) is 0 Å². The Morgan fingerprint density at radius 1 is 1.21 bits per heavy atom. The molecule has 0 aliphatic carbocycles. The van der Waals surface area contributed by atoms with Crippen molar-refractivity contribution in [2.75, 3.05) is 19.1 Å². The molecule has 0 aromatic carbocycles. The summed E-state index contributed by atoms with van der Waals surface area (Å²) >= 11 is 0. The predicted octanol–water partition coefficient (Wildman–Crippen LogP) is 0.692. The van der Waals surface area contributed by atoms with Crippen molar-refractivity contribution < 1.29 is 55.9 Å². The maximum Gasteiger partial charge on any atom is 0.490 e. The lowest BCUT2D eigenvalue weighted by Gasteiger charge is -2.20. The number of aromatic nitrogens is 4. The van der Waals surface area contributed by atoms with Gasteiger partial charge in [0.1, 0.15) is 30.9 Å². The van der Waals surface area contributed by atoms with Crippen molar-refractivity contribution in [2.24, 2.45) is 5.11 Å². The predicted molar refractivity (Wildman–Crippen MR) is 107 cm³/mol. The summed E-state index contributed by atoms with van der Waals surface area (Å²) in [6.07, 6.45) is -0.187. The summed E-state index contributed by atoms with van der Waals surface area (Å²) in [5, 5.41) is 3.23. The average molecular weight is 546 g/mol. The summed E-state index contributed by atoms with van der Waals surface area (Å²) in [4.78, 5) is 50.6. The number of hydrogen-bond acceptors (Lipinski definition) is 13. The van der Waals surface area contributed by atoms with Crippen LogP contribution in [0.1, 0.15) is 12.6 Å². The topological polar surface area (TPSA) is 297 Å². The Bertz CT molecular complexity index is 1230. The van der Waals surface area contributed by atoms with Crippen molar-refractivity contribution >= 4 is 40.4 Å². The van der Waals surface area contributed by atoms with Crippen molar-refractivity contribution in [1.82, 2.24) is 19.5 Å². The molecule has 3 heterocycles. The molecule has 2 aromatic heterocycles. The lowest BCUT2D eigenvalue weighted by Crippen LogP contribution is -2.29. The first kappa shape index (κ1) is 26.6. The quantitative estimate of drug-likeness (QED) is 0.112. The standard InChI is InChI=1S/C11H17N8O12P3/c12-10-9-11(15-3-14-10)19(4-16-9)8-1-6(27-5-17-18-13)7(29-8)2-28-33(23,24)31-34(25,26)30-32(20,21)22/h3-4,6-8H,1-2,5H2,(H,23,24)(H,25,26)(H2,12,14,15)(H2,20,21,22)/t6-,7-,8-/m0/s1. The molecule has 0 spiro atoms. The second kappa shape index (κ2) is 10.3. The summed E-state index contributed by atoms with van der Waals surface area (Å²) in [6.45, 7) is -1.20. The number of ether oxygens (including phenoxy) is 2. The second-order valence-corrected chi connectivity index (χ2v) is 10.8. The molecule has 6 N–H and O–H groups in total. The summed E-state index contributed by atoms with van der Waals surface area (Å²) in [6, 6.07) is 0. The van der Waals surface area contributed by atoms with E-state index in [1.54, 1.807) is 0 Å². The van der Waals surface area contributed by atoms with Crippen LogP contribution in [0, 0.1) is 0 Å². The third-order valence-electron chi connectivity index (χ3n) is 4.11. The molecule has 0 bridgehead atoms. The van der Waals surface area contributed by atoms with Crippen LogP contribution in [0.3, 0.4) is 0 Å². The Hall–Kier alpha value is -2.01. The van der Waals surface area contributed by atoms with E-state index in [4.69, 9.17) is 30.5 Å². The van der Waals surface area contributed by atoms with Gasteiger partial charge in [0.05, 0.1) is 19.0 Å². The summed E-state index contributed by atoms with van der Waals surface area (Å²) in [5.41, 5.74) is 14.8. The monoisotopic (exact) mass is 546 g/mol. The number of hydrogen-bond donors (Lipinski definition) is 5. The lowest BCUT2D eigenvalue weighted by molar-refractivity contribution is -0.0583. The van der Waals surface area contributed by atoms with Gasteiger partial charge in [-0.1, -0.05) is 5.11 Å². The highest BCUT2D eigenvalue weighted by Gasteiger charge is 2.43. The molecule has 1 aliphatic heterocycles. The zero-order valence-corrected chi connectivity index (χ0v) is 19.3. The first-order valence-electron chi connectivity index (χ1n) is 8.79. The molecule has 1 aliphatic rings. The Balaban J connectivity index is 1.73. The Morgan fingerprint density at radius 3 is 2.62 bits per heavy atom.